The Morgan fingerprint density at radius 3 is 2.42 bits per heavy atom. The lowest BCUT2D eigenvalue weighted by Gasteiger charge is -2.05. The molecule has 1 atom stereocenters. The van der Waals surface area contributed by atoms with E-state index in [4.69, 9.17) is 5.26 Å². The molecule has 19 heavy (non-hydrogen) atoms. The highest BCUT2D eigenvalue weighted by Crippen LogP contribution is 2.20. The van der Waals surface area contributed by atoms with Crippen molar-refractivity contribution in [1.82, 2.24) is 0 Å². The molecule has 0 aliphatic heterocycles. The second-order valence-corrected chi connectivity index (χ2v) is 5.16. The van der Waals surface area contributed by atoms with Gasteiger partial charge in [-0.25, -0.2) is 0 Å². The maximum absolute atomic E-state index is 11.8. The molecule has 0 fully saturated rings. The number of thioether (sulfide) groups is 1. The average molecular weight is 293 g/mol. The third-order valence-electron chi connectivity index (χ3n) is 2.29. The highest BCUT2D eigenvalue weighted by atomic mass is 32.2. The molecule has 0 spiro atoms. The van der Waals surface area contributed by atoms with Gasteiger partial charge in [0, 0.05) is 12.0 Å². The van der Waals surface area contributed by atoms with Gasteiger partial charge in [0.05, 0.1) is 6.07 Å². The summed E-state index contributed by atoms with van der Waals surface area (Å²) in [6, 6.07) is 10.2. The van der Waals surface area contributed by atoms with Crippen LogP contribution in [0.4, 0.5) is 0 Å². The first-order valence-corrected chi connectivity index (χ1v) is 6.73. The highest BCUT2D eigenvalue weighted by Gasteiger charge is 2.22. The lowest BCUT2D eigenvalue weighted by Crippen LogP contribution is -2.12. The van der Waals surface area contributed by atoms with E-state index in [1.54, 1.807) is 36.4 Å². The van der Waals surface area contributed by atoms with Gasteiger partial charge in [-0.3, -0.25) is 14.4 Å². The van der Waals surface area contributed by atoms with E-state index < -0.39 is 16.1 Å². The monoisotopic (exact) mass is 293 g/mol. The van der Waals surface area contributed by atoms with Crippen molar-refractivity contribution in [3.8, 4) is 6.07 Å². The largest absolute Gasteiger partial charge is 0.288 e. The van der Waals surface area contributed by atoms with E-state index >= 15 is 0 Å². The van der Waals surface area contributed by atoms with Gasteiger partial charge in [-0.05, 0) is 18.2 Å². The molecule has 4 nitrogen and oxygen atoms in total. The van der Waals surface area contributed by atoms with Crippen LogP contribution in [-0.4, -0.2) is 15.3 Å². The van der Waals surface area contributed by atoms with Crippen molar-refractivity contribution in [3.05, 3.63) is 35.9 Å². The van der Waals surface area contributed by atoms with E-state index in [2.05, 4.69) is 12.6 Å². The van der Waals surface area contributed by atoms with Crippen molar-refractivity contribution in [1.29, 1.82) is 5.26 Å². The Morgan fingerprint density at radius 2 is 1.89 bits per heavy atom. The van der Waals surface area contributed by atoms with Gasteiger partial charge >= 0.3 is 0 Å². The van der Waals surface area contributed by atoms with Crippen LogP contribution in [0.25, 0.3) is 0 Å². The maximum Gasteiger partial charge on any atom is 0.226 e. The summed E-state index contributed by atoms with van der Waals surface area (Å²) in [5, 5.41) is 7.54. The molecule has 0 N–H and O–H groups in total. The summed E-state index contributed by atoms with van der Waals surface area (Å²) >= 11 is 4.07. The van der Waals surface area contributed by atoms with Crippen LogP contribution in [0.5, 0.6) is 0 Å². The molecule has 0 saturated carbocycles. The summed E-state index contributed by atoms with van der Waals surface area (Å²) in [5.41, 5.74) is 0.405. The number of rotatable bonds is 5. The Bertz CT molecular complexity index is 522. The maximum atomic E-state index is 11.8. The van der Waals surface area contributed by atoms with Crippen LogP contribution in [0.15, 0.2) is 30.3 Å². The van der Waals surface area contributed by atoms with Gasteiger partial charge in [0.15, 0.2) is 5.12 Å². The molecule has 98 valence electrons. The standard InChI is InChI=1S/C13H11NO3S2/c14-8-10(6-7-11(15)18)13(17)19-12(16)9-4-2-1-3-5-9/h1-5,10H,6-7H2,(H,15,18). The summed E-state index contributed by atoms with van der Waals surface area (Å²) < 4.78 is 0. The Morgan fingerprint density at radius 1 is 1.26 bits per heavy atom. The van der Waals surface area contributed by atoms with Crippen molar-refractivity contribution in [2.75, 3.05) is 0 Å². The zero-order valence-corrected chi connectivity index (χ0v) is 11.6. The van der Waals surface area contributed by atoms with Crippen LogP contribution in [0, 0.1) is 17.2 Å². The molecule has 6 heteroatoms. The van der Waals surface area contributed by atoms with Crippen molar-refractivity contribution < 1.29 is 14.4 Å². The van der Waals surface area contributed by atoms with E-state index in [0.29, 0.717) is 17.3 Å². The topological polar surface area (TPSA) is 75.0 Å². The van der Waals surface area contributed by atoms with Gasteiger partial charge in [0.1, 0.15) is 5.92 Å². The number of nitrogens with zero attached hydrogens (tertiary/aromatic N) is 1. The molecule has 0 amide bonds. The predicted molar refractivity (Wildman–Crippen MR) is 75.7 cm³/mol. The molecule has 0 radical (unpaired) electrons. The van der Waals surface area contributed by atoms with Crippen molar-refractivity contribution in [3.63, 3.8) is 0 Å². The molecule has 1 aromatic carbocycles. The fraction of sp³-hybridized carbons (Fsp3) is 0.231. The van der Waals surface area contributed by atoms with E-state index in [9.17, 15) is 14.4 Å². The fourth-order valence-electron chi connectivity index (χ4n) is 1.30. The molecular formula is C13H11NO3S2. The van der Waals surface area contributed by atoms with Crippen LogP contribution >= 0.6 is 24.4 Å². The average Bonchev–Trinajstić information content (AvgIpc) is 2.40. The van der Waals surface area contributed by atoms with Gasteiger partial charge < -0.3 is 0 Å². The van der Waals surface area contributed by atoms with E-state index in [1.165, 1.54) is 0 Å². The van der Waals surface area contributed by atoms with Crippen molar-refractivity contribution >= 4 is 39.7 Å². The van der Waals surface area contributed by atoms with Crippen LogP contribution in [0.3, 0.4) is 0 Å². The molecular weight excluding hydrogens is 282 g/mol. The number of hydrogen-bond acceptors (Lipinski definition) is 5. The molecule has 0 saturated heterocycles. The van der Waals surface area contributed by atoms with Crippen LogP contribution < -0.4 is 0 Å². The molecule has 1 aromatic rings. The van der Waals surface area contributed by atoms with Gasteiger partial charge in [0.25, 0.3) is 0 Å². The first-order valence-electron chi connectivity index (χ1n) is 5.47. The Kier molecular flexibility index (Phi) is 6.33. The summed E-state index contributed by atoms with van der Waals surface area (Å²) in [7, 11) is 0. The highest BCUT2D eigenvalue weighted by molar-refractivity contribution is 8.26. The molecule has 0 aromatic heterocycles. The van der Waals surface area contributed by atoms with Crippen molar-refractivity contribution in [2.45, 2.75) is 12.8 Å². The summed E-state index contributed by atoms with van der Waals surface area (Å²) in [6.45, 7) is 0. The zero-order valence-electron chi connectivity index (χ0n) is 9.91. The summed E-state index contributed by atoms with van der Waals surface area (Å²) in [6.07, 6.45) is 0.125. The summed E-state index contributed by atoms with van der Waals surface area (Å²) in [4.78, 5) is 34.2. The minimum Gasteiger partial charge on any atom is -0.288 e. The van der Waals surface area contributed by atoms with Gasteiger partial charge in [0.2, 0.25) is 10.2 Å². The van der Waals surface area contributed by atoms with E-state index in [0.717, 1.165) is 0 Å². The summed E-state index contributed by atoms with van der Waals surface area (Å²) in [5.74, 6) is -0.964. The second-order valence-electron chi connectivity index (χ2n) is 3.69. The SMILES string of the molecule is N#CC(CCC(=O)S)C(=O)SC(=O)c1ccccc1. The smallest absolute Gasteiger partial charge is 0.226 e. The van der Waals surface area contributed by atoms with Gasteiger partial charge in [-0.1, -0.05) is 30.3 Å². The van der Waals surface area contributed by atoms with Crippen LogP contribution in [-0.2, 0) is 9.59 Å². The molecule has 1 unspecified atom stereocenters. The third kappa shape index (κ3) is 5.28. The number of benzene rings is 1. The molecule has 0 aliphatic carbocycles. The first kappa shape index (κ1) is 15.5. The minimum atomic E-state index is -0.964. The fourth-order valence-corrected chi connectivity index (χ4v) is 2.18. The zero-order chi connectivity index (χ0) is 14.3. The van der Waals surface area contributed by atoms with E-state index in [-0.39, 0.29) is 18.0 Å². The Labute approximate surface area is 120 Å². The molecule has 1 rings (SSSR count). The second kappa shape index (κ2) is 7.77. The minimum absolute atomic E-state index is 0.0349. The number of carbonyl (C=O) groups is 3. The number of nitriles is 1. The van der Waals surface area contributed by atoms with Gasteiger partial charge in [-0.2, -0.15) is 5.26 Å². The van der Waals surface area contributed by atoms with Crippen LogP contribution in [0.1, 0.15) is 23.2 Å². The Balaban J connectivity index is 2.60. The Hall–Kier alpha value is -1.58. The predicted octanol–water partition coefficient (Wildman–Crippen LogP) is 2.46. The third-order valence-corrected chi connectivity index (χ3v) is 3.42. The number of thiol groups is 1. The van der Waals surface area contributed by atoms with E-state index in [1.807, 2.05) is 0 Å². The van der Waals surface area contributed by atoms with Gasteiger partial charge in [-0.15, -0.1) is 12.6 Å². The van der Waals surface area contributed by atoms with Crippen molar-refractivity contribution in [2.24, 2.45) is 5.92 Å². The molecule has 0 heterocycles. The number of hydrogen-bond donors (Lipinski definition) is 1. The normalized spacial score (nSPS) is 11.4. The first-order chi connectivity index (χ1) is 9.04. The van der Waals surface area contributed by atoms with Crippen LogP contribution in [0.2, 0.25) is 0 Å². The molecule has 0 aliphatic rings. The lowest BCUT2D eigenvalue weighted by molar-refractivity contribution is -0.113. The quantitative estimate of drug-likeness (QED) is 0.844. The number of carbonyl (C=O) groups excluding carboxylic acids is 3. The lowest BCUT2D eigenvalue weighted by atomic mass is 10.1. The molecule has 0 bridgehead atoms.